The van der Waals surface area contributed by atoms with Gasteiger partial charge in [-0.15, -0.1) is 0 Å². The maximum Gasteiger partial charge on any atom is 0.341 e. The largest absolute Gasteiger partial charge is 0.464 e. The van der Waals surface area contributed by atoms with Crippen LogP contribution in [0.5, 0.6) is 0 Å². The van der Waals surface area contributed by atoms with E-state index in [-0.39, 0.29) is 12.1 Å². The molecular formula is C14H18O3. The fourth-order valence-corrected chi connectivity index (χ4v) is 2.08. The number of esters is 1. The summed E-state index contributed by atoms with van der Waals surface area (Å²) in [6.07, 6.45) is 0.497. The van der Waals surface area contributed by atoms with Crippen LogP contribution >= 0.6 is 0 Å². The molecule has 1 saturated heterocycles. The van der Waals surface area contributed by atoms with Crippen LogP contribution < -0.4 is 0 Å². The van der Waals surface area contributed by atoms with Crippen molar-refractivity contribution in [3.63, 3.8) is 0 Å². The summed E-state index contributed by atoms with van der Waals surface area (Å²) in [5.41, 5.74) is 1.50. The van der Waals surface area contributed by atoms with Crippen molar-refractivity contribution < 1.29 is 14.3 Å². The van der Waals surface area contributed by atoms with Gasteiger partial charge in [-0.2, -0.15) is 0 Å². The first-order valence-corrected chi connectivity index (χ1v) is 6.05. The fraction of sp³-hybridized carbons (Fsp3) is 0.500. The summed E-state index contributed by atoms with van der Waals surface area (Å²) < 4.78 is 10.7. The van der Waals surface area contributed by atoms with Crippen LogP contribution in [-0.4, -0.2) is 18.2 Å². The topological polar surface area (TPSA) is 38.8 Å². The van der Waals surface area contributed by atoms with E-state index in [1.165, 1.54) is 5.56 Å². The number of carbonyl (C=O) groups excluding carboxylic acids is 1. The van der Waals surface area contributed by atoms with Gasteiger partial charge in [0.2, 0.25) is 0 Å². The van der Waals surface area contributed by atoms with Gasteiger partial charge in [0.05, 0.1) is 6.61 Å². The normalized spacial score (nSPS) is 26.6. The smallest absolute Gasteiger partial charge is 0.341 e. The molecular weight excluding hydrogens is 216 g/mol. The lowest BCUT2D eigenvalue weighted by Gasteiger charge is -2.09. The number of rotatable bonds is 4. The Labute approximate surface area is 102 Å². The van der Waals surface area contributed by atoms with Crippen molar-refractivity contribution in [1.82, 2.24) is 0 Å². The molecule has 0 radical (unpaired) electrons. The summed E-state index contributed by atoms with van der Waals surface area (Å²) in [5.74, 6) is -0.243. The maximum atomic E-state index is 11.9. The molecule has 3 heteroatoms. The van der Waals surface area contributed by atoms with Gasteiger partial charge in [-0.1, -0.05) is 36.8 Å². The third kappa shape index (κ3) is 2.07. The van der Waals surface area contributed by atoms with E-state index in [2.05, 4.69) is 0 Å². The quantitative estimate of drug-likeness (QED) is 0.594. The zero-order valence-electron chi connectivity index (χ0n) is 10.5. The van der Waals surface area contributed by atoms with Crippen molar-refractivity contribution in [1.29, 1.82) is 0 Å². The highest BCUT2D eigenvalue weighted by atomic mass is 16.7. The predicted octanol–water partition coefficient (Wildman–Crippen LogP) is 2.78. The van der Waals surface area contributed by atoms with E-state index in [9.17, 15) is 4.79 Å². The summed E-state index contributed by atoms with van der Waals surface area (Å²) in [7, 11) is 0. The molecule has 1 heterocycles. The minimum Gasteiger partial charge on any atom is -0.464 e. The van der Waals surface area contributed by atoms with Gasteiger partial charge in [-0.25, -0.2) is 4.79 Å². The Kier molecular flexibility index (Phi) is 3.20. The van der Waals surface area contributed by atoms with E-state index >= 15 is 0 Å². The molecule has 1 aromatic rings. The summed E-state index contributed by atoms with van der Waals surface area (Å²) >= 11 is 0. The summed E-state index contributed by atoms with van der Waals surface area (Å²) in [4.78, 5) is 11.9. The van der Waals surface area contributed by atoms with E-state index in [1.54, 1.807) is 0 Å². The Morgan fingerprint density at radius 3 is 2.53 bits per heavy atom. The van der Waals surface area contributed by atoms with E-state index in [0.717, 1.165) is 5.56 Å². The number of hydrogen-bond donors (Lipinski definition) is 0. The minimum atomic E-state index is -0.745. The molecule has 0 bridgehead atoms. The molecule has 0 N–H and O–H groups in total. The van der Waals surface area contributed by atoms with E-state index < -0.39 is 5.60 Å². The first kappa shape index (κ1) is 12.1. The van der Waals surface area contributed by atoms with Crippen LogP contribution in [0.15, 0.2) is 24.3 Å². The standard InChI is InChI=1S/C14H18O3/c1-4-14(13(15)16-5-2)12(17-14)11-8-6-10(3)7-9-11/h6-9,12H,4-5H2,1-3H3. The van der Waals surface area contributed by atoms with E-state index in [4.69, 9.17) is 9.47 Å². The van der Waals surface area contributed by atoms with Gasteiger partial charge < -0.3 is 9.47 Å². The Hall–Kier alpha value is -1.35. The Morgan fingerprint density at radius 2 is 2.00 bits per heavy atom. The third-order valence-electron chi connectivity index (χ3n) is 3.22. The highest BCUT2D eigenvalue weighted by Gasteiger charge is 2.63. The number of hydrogen-bond acceptors (Lipinski definition) is 3. The van der Waals surface area contributed by atoms with Gasteiger partial charge in [0, 0.05) is 0 Å². The Bertz CT molecular complexity index is 410. The van der Waals surface area contributed by atoms with Crippen LogP contribution in [0.1, 0.15) is 37.5 Å². The molecule has 0 spiro atoms. The van der Waals surface area contributed by atoms with Crippen molar-refractivity contribution in [2.24, 2.45) is 0 Å². The lowest BCUT2D eigenvalue weighted by molar-refractivity contribution is -0.149. The first-order valence-electron chi connectivity index (χ1n) is 6.05. The molecule has 1 aromatic carbocycles. The fourth-order valence-electron chi connectivity index (χ4n) is 2.08. The van der Waals surface area contributed by atoms with Crippen LogP contribution in [-0.2, 0) is 14.3 Å². The average Bonchev–Trinajstić information content (AvgIpc) is 3.06. The molecule has 17 heavy (non-hydrogen) atoms. The monoisotopic (exact) mass is 234 g/mol. The number of ether oxygens (including phenoxy) is 2. The van der Waals surface area contributed by atoms with Gasteiger partial charge in [-0.3, -0.25) is 0 Å². The zero-order chi connectivity index (χ0) is 12.5. The molecule has 0 saturated carbocycles. The van der Waals surface area contributed by atoms with E-state index in [1.807, 2.05) is 45.0 Å². The molecule has 2 atom stereocenters. The van der Waals surface area contributed by atoms with Gasteiger partial charge in [0.15, 0.2) is 5.60 Å². The third-order valence-corrected chi connectivity index (χ3v) is 3.22. The predicted molar refractivity (Wildman–Crippen MR) is 64.7 cm³/mol. The van der Waals surface area contributed by atoms with Gasteiger partial charge in [0.25, 0.3) is 0 Å². The number of aryl methyl sites for hydroxylation is 1. The number of carbonyl (C=O) groups is 1. The zero-order valence-corrected chi connectivity index (χ0v) is 10.5. The number of benzene rings is 1. The van der Waals surface area contributed by atoms with Crippen LogP contribution in [0.25, 0.3) is 0 Å². The molecule has 0 amide bonds. The maximum absolute atomic E-state index is 11.9. The van der Waals surface area contributed by atoms with Crippen LogP contribution in [0.3, 0.4) is 0 Å². The number of epoxide rings is 1. The molecule has 0 aromatic heterocycles. The van der Waals surface area contributed by atoms with Crippen LogP contribution in [0.4, 0.5) is 0 Å². The highest BCUT2D eigenvalue weighted by molar-refractivity contribution is 5.83. The first-order chi connectivity index (χ1) is 8.14. The second-order valence-corrected chi connectivity index (χ2v) is 4.37. The van der Waals surface area contributed by atoms with Crippen LogP contribution in [0, 0.1) is 6.92 Å². The SMILES string of the molecule is CCOC(=O)C1(CC)OC1c1ccc(C)cc1. The summed E-state index contributed by atoms with van der Waals surface area (Å²) in [6.45, 7) is 6.19. The average molecular weight is 234 g/mol. The van der Waals surface area contributed by atoms with Crippen LogP contribution in [0.2, 0.25) is 0 Å². The summed E-state index contributed by atoms with van der Waals surface area (Å²) in [5, 5.41) is 0. The van der Waals surface area contributed by atoms with Gasteiger partial charge in [-0.05, 0) is 25.8 Å². The highest BCUT2D eigenvalue weighted by Crippen LogP contribution is 2.52. The second-order valence-electron chi connectivity index (χ2n) is 4.37. The van der Waals surface area contributed by atoms with Crippen molar-refractivity contribution in [3.05, 3.63) is 35.4 Å². The molecule has 2 rings (SSSR count). The molecule has 0 aliphatic carbocycles. The molecule has 2 unspecified atom stereocenters. The van der Waals surface area contributed by atoms with Gasteiger partial charge in [0.1, 0.15) is 6.10 Å². The lowest BCUT2D eigenvalue weighted by Crippen LogP contribution is -2.27. The Balaban J connectivity index is 2.15. The van der Waals surface area contributed by atoms with Crippen molar-refractivity contribution in [2.75, 3.05) is 6.61 Å². The Morgan fingerprint density at radius 1 is 1.35 bits per heavy atom. The second kappa shape index (κ2) is 4.49. The minimum absolute atomic E-state index is 0.146. The van der Waals surface area contributed by atoms with E-state index in [0.29, 0.717) is 13.0 Å². The van der Waals surface area contributed by atoms with Crippen molar-refractivity contribution >= 4 is 5.97 Å². The van der Waals surface area contributed by atoms with Crippen molar-refractivity contribution in [2.45, 2.75) is 38.9 Å². The lowest BCUT2D eigenvalue weighted by atomic mass is 9.96. The molecule has 1 fully saturated rings. The van der Waals surface area contributed by atoms with Crippen molar-refractivity contribution in [3.8, 4) is 0 Å². The van der Waals surface area contributed by atoms with Gasteiger partial charge >= 0.3 is 5.97 Å². The molecule has 3 nitrogen and oxygen atoms in total. The molecule has 1 aliphatic heterocycles. The molecule has 1 aliphatic rings. The molecule has 92 valence electrons. The summed E-state index contributed by atoms with van der Waals surface area (Å²) in [6, 6.07) is 8.08.